The molecule has 2 aromatic rings. The molecule has 0 bridgehead atoms. The lowest BCUT2D eigenvalue weighted by atomic mass is 9.96. The van der Waals surface area contributed by atoms with Crippen molar-refractivity contribution in [1.29, 1.82) is 0 Å². The predicted molar refractivity (Wildman–Crippen MR) is 98.3 cm³/mol. The highest BCUT2D eigenvalue weighted by atomic mass is 15.2. The minimum atomic E-state index is 0.537. The van der Waals surface area contributed by atoms with Crippen LogP contribution in [0.25, 0.3) is 0 Å². The molecule has 0 saturated heterocycles. The Hall–Kier alpha value is -2.10. The minimum absolute atomic E-state index is 0.537. The molecule has 0 unspecified atom stereocenters. The van der Waals surface area contributed by atoms with Crippen molar-refractivity contribution >= 4 is 11.8 Å². The van der Waals surface area contributed by atoms with E-state index in [0.29, 0.717) is 12.0 Å². The molecule has 126 valence electrons. The van der Waals surface area contributed by atoms with E-state index < -0.39 is 0 Å². The molecule has 1 aromatic carbocycles. The lowest BCUT2D eigenvalue weighted by molar-refractivity contribution is 0.460. The maximum absolute atomic E-state index is 4.78. The highest BCUT2D eigenvalue weighted by Crippen LogP contribution is 2.40. The molecule has 1 aromatic heterocycles. The van der Waals surface area contributed by atoms with Gasteiger partial charge >= 0.3 is 0 Å². The summed E-state index contributed by atoms with van der Waals surface area (Å²) in [5, 5.41) is 7.05. The van der Waals surface area contributed by atoms with Crippen LogP contribution < -0.4 is 10.6 Å². The van der Waals surface area contributed by atoms with Crippen molar-refractivity contribution < 1.29 is 0 Å². The number of hydrogen-bond acceptors (Lipinski definition) is 4. The van der Waals surface area contributed by atoms with Crippen LogP contribution in [-0.2, 0) is 6.54 Å². The highest BCUT2D eigenvalue weighted by molar-refractivity contribution is 5.45. The van der Waals surface area contributed by atoms with Gasteiger partial charge in [0.15, 0.2) is 0 Å². The number of benzene rings is 1. The second-order valence-electron chi connectivity index (χ2n) is 7.09. The Bertz CT molecular complexity index is 661. The fourth-order valence-electron chi connectivity index (χ4n) is 3.43. The van der Waals surface area contributed by atoms with Crippen LogP contribution in [0, 0.1) is 0 Å². The van der Waals surface area contributed by atoms with Gasteiger partial charge in [0.2, 0.25) is 5.95 Å². The number of anilines is 2. The molecule has 0 atom stereocenters. The Kier molecular flexibility index (Phi) is 4.63. The Morgan fingerprint density at radius 2 is 1.71 bits per heavy atom. The summed E-state index contributed by atoms with van der Waals surface area (Å²) in [4.78, 5) is 9.50. The molecule has 4 rings (SSSR count). The summed E-state index contributed by atoms with van der Waals surface area (Å²) in [6.07, 6.45) is 9.01. The number of rotatable bonds is 6. The van der Waals surface area contributed by atoms with Crippen molar-refractivity contribution in [1.82, 2.24) is 9.97 Å². The smallest absolute Gasteiger partial charge is 0.225 e. The SMILES string of the molecule is c1ccc(CNc2cc(C3CC3)nc(NC3CCCCC3)n2)cc1. The van der Waals surface area contributed by atoms with Crippen molar-refractivity contribution in [2.24, 2.45) is 0 Å². The molecule has 2 fully saturated rings. The number of nitrogens with one attached hydrogen (secondary N) is 2. The van der Waals surface area contributed by atoms with Gasteiger partial charge < -0.3 is 10.6 Å². The van der Waals surface area contributed by atoms with Gasteiger partial charge in [-0.25, -0.2) is 4.98 Å². The van der Waals surface area contributed by atoms with E-state index in [2.05, 4.69) is 41.0 Å². The zero-order chi connectivity index (χ0) is 16.2. The second-order valence-corrected chi connectivity index (χ2v) is 7.09. The Morgan fingerprint density at radius 1 is 0.917 bits per heavy atom. The third-order valence-electron chi connectivity index (χ3n) is 5.00. The fourth-order valence-corrected chi connectivity index (χ4v) is 3.43. The summed E-state index contributed by atoms with van der Waals surface area (Å²) in [5.74, 6) is 2.38. The average Bonchev–Trinajstić information content (AvgIpc) is 3.47. The lowest BCUT2D eigenvalue weighted by Gasteiger charge is -2.23. The number of aromatic nitrogens is 2. The fraction of sp³-hybridized carbons (Fsp3) is 0.500. The molecule has 2 N–H and O–H groups in total. The van der Waals surface area contributed by atoms with Crippen LogP contribution in [-0.4, -0.2) is 16.0 Å². The van der Waals surface area contributed by atoms with Gasteiger partial charge in [0.1, 0.15) is 5.82 Å². The van der Waals surface area contributed by atoms with Crippen LogP contribution in [0.2, 0.25) is 0 Å². The highest BCUT2D eigenvalue weighted by Gasteiger charge is 2.26. The van der Waals surface area contributed by atoms with E-state index in [9.17, 15) is 0 Å². The van der Waals surface area contributed by atoms with Crippen LogP contribution in [0.15, 0.2) is 36.4 Å². The summed E-state index contributed by atoms with van der Waals surface area (Å²) >= 11 is 0. The first-order chi connectivity index (χ1) is 11.9. The molecular formula is C20H26N4. The van der Waals surface area contributed by atoms with Gasteiger partial charge in [0, 0.05) is 24.6 Å². The molecule has 2 aliphatic carbocycles. The zero-order valence-electron chi connectivity index (χ0n) is 14.2. The van der Waals surface area contributed by atoms with Gasteiger partial charge in [-0.1, -0.05) is 49.6 Å². The first-order valence-corrected chi connectivity index (χ1v) is 9.30. The van der Waals surface area contributed by atoms with Crippen LogP contribution in [0.4, 0.5) is 11.8 Å². The molecule has 1 heterocycles. The van der Waals surface area contributed by atoms with E-state index in [1.54, 1.807) is 0 Å². The van der Waals surface area contributed by atoms with Gasteiger partial charge in [-0.3, -0.25) is 0 Å². The Labute approximate surface area is 144 Å². The van der Waals surface area contributed by atoms with Gasteiger partial charge in [0.05, 0.1) is 5.69 Å². The number of nitrogens with zero attached hydrogens (tertiary/aromatic N) is 2. The van der Waals surface area contributed by atoms with Crippen molar-refractivity contribution in [3.8, 4) is 0 Å². The van der Waals surface area contributed by atoms with Crippen molar-refractivity contribution in [3.63, 3.8) is 0 Å². The number of hydrogen-bond donors (Lipinski definition) is 2. The van der Waals surface area contributed by atoms with E-state index >= 15 is 0 Å². The maximum Gasteiger partial charge on any atom is 0.225 e. The maximum atomic E-state index is 4.78. The summed E-state index contributed by atoms with van der Waals surface area (Å²) < 4.78 is 0. The summed E-state index contributed by atoms with van der Waals surface area (Å²) in [7, 11) is 0. The third-order valence-corrected chi connectivity index (χ3v) is 5.00. The molecule has 0 spiro atoms. The molecule has 4 heteroatoms. The van der Waals surface area contributed by atoms with Gasteiger partial charge in [-0.05, 0) is 31.2 Å². The van der Waals surface area contributed by atoms with E-state index in [1.807, 2.05) is 6.07 Å². The standard InChI is InChI=1S/C20H26N4/c1-3-7-15(8-4-1)14-21-19-13-18(16-11-12-16)23-20(24-19)22-17-9-5-2-6-10-17/h1,3-4,7-8,13,16-17H,2,5-6,9-12,14H2,(H2,21,22,23,24). The summed E-state index contributed by atoms with van der Waals surface area (Å²) in [6, 6.07) is 13.1. The van der Waals surface area contributed by atoms with Crippen molar-refractivity contribution in [3.05, 3.63) is 47.7 Å². The van der Waals surface area contributed by atoms with Gasteiger partial charge in [-0.15, -0.1) is 0 Å². The van der Waals surface area contributed by atoms with E-state index in [4.69, 9.17) is 9.97 Å². The predicted octanol–water partition coefficient (Wildman–Crippen LogP) is 4.71. The molecule has 2 aliphatic rings. The van der Waals surface area contributed by atoms with E-state index in [0.717, 1.165) is 18.3 Å². The molecule has 2 saturated carbocycles. The molecule has 0 radical (unpaired) electrons. The monoisotopic (exact) mass is 322 g/mol. The zero-order valence-corrected chi connectivity index (χ0v) is 14.2. The van der Waals surface area contributed by atoms with E-state index in [-0.39, 0.29) is 0 Å². The third kappa shape index (κ3) is 4.05. The van der Waals surface area contributed by atoms with Crippen LogP contribution in [0.5, 0.6) is 0 Å². The second kappa shape index (κ2) is 7.20. The van der Waals surface area contributed by atoms with Gasteiger partial charge in [0.25, 0.3) is 0 Å². The lowest BCUT2D eigenvalue weighted by Crippen LogP contribution is -2.24. The topological polar surface area (TPSA) is 49.8 Å². The molecule has 24 heavy (non-hydrogen) atoms. The molecule has 0 aliphatic heterocycles. The van der Waals surface area contributed by atoms with E-state index in [1.165, 1.54) is 56.2 Å². The summed E-state index contributed by atoms with van der Waals surface area (Å²) in [5.41, 5.74) is 2.46. The van der Waals surface area contributed by atoms with Crippen LogP contribution >= 0.6 is 0 Å². The Morgan fingerprint density at radius 3 is 2.46 bits per heavy atom. The largest absolute Gasteiger partial charge is 0.366 e. The molecular weight excluding hydrogens is 296 g/mol. The molecule has 0 amide bonds. The normalized spacial score (nSPS) is 18.3. The van der Waals surface area contributed by atoms with Gasteiger partial charge in [-0.2, -0.15) is 4.98 Å². The summed E-state index contributed by atoms with van der Waals surface area (Å²) in [6.45, 7) is 0.796. The van der Waals surface area contributed by atoms with Crippen LogP contribution in [0.3, 0.4) is 0 Å². The quantitative estimate of drug-likeness (QED) is 0.808. The molecule has 4 nitrogen and oxygen atoms in total. The first kappa shape index (κ1) is 15.4. The average molecular weight is 322 g/mol. The Balaban J connectivity index is 1.47. The van der Waals surface area contributed by atoms with Crippen molar-refractivity contribution in [2.75, 3.05) is 10.6 Å². The van der Waals surface area contributed by atoms with Crippen LogP contribution in [0.1, 0.15) is 62.1 Å². The first-order valence-electron chi connectivity index (χ1n) is 9.30. The van der Waals surface area contributed by atoms with Crippen molar-refractivity contribution in [2.45, 2.75) is 63.5 Å². The minimum Gasteiger partial charge on any atom is -0.366 e.